The third kappa shape index (κ3) is 3.06. The van der Waals surface area contributed by atoms with E-state index in [9.17, 15) is 4.79 Å². The summed E-state index contributed by atoms with van der Waals surface area (Å²) < 4.78 is 16.5. The van der Waals surface area contributed by atoms with E-state index < -0.39 is 0 Å². The van der Waals surface area contributed by atoms with Crippen LogP contribution in [0.3, 0.4) is 0 Å². The van der Waals surface area contributed by atoms with Gasteiger partial charge in [0.05, 0.1) is 18.8 Å². The van der Waals surface area contributed by atoms with Crippen molar-refractivity contribution in [1.29, 1.82) is 0 Å². The van der Waals surface area contributed by atoms with Crippen LogP contribution in [-0.2, 0) is 17.8 Å². The van der Waals surface area contributed by atoms with E-state index in [-0.39, 0.29) is 5.97 Å². The van der Waals surface area contributed by atoms with E-state index in [1.165, 1.54) is 0 Å². The van der Waals surface area contributed by atoms with Crippen molar-refractivity contribution in [1.82, 2.24) is 0 Å². The van der Waals surface area contributed by atoms with Crippen molar-refractivity contribution in [3.8, 4) is 11.5 Å². The maximum absolute atomic E-state index is 12.1. The van der Waals surface area contributed by atoms with Crippen molar-refractivity contribution in [2.75, 3.05) is 13.2 Å². The van der Waals surface area contributed by atoms with Crippen LogP contribution in [-0.4, -0.2) is 19.2 Å². The topological polar surface area (TPSA) is 44.8 Å². The molecule has 0 radical (unpaired) electrons. The SMILES string of the molecule is CCOC(=O)c1cc(OCc2ccccc2)cc2c1CCO2. The van der Waals surface area contributed by atoms with Crippen LogP contribution in [0.15, 0.2) is 42.5 Å². The molecule has 3 rings (SSSR count). The lowest BCUT2D eigenvalue weighted by Gasteiger charge is -2.11. The molecule has 4 nitrogen and oxygen atoms in total. The molecule has 1 heterocycles. The van der Waals surface area contributed by atoms with Gasteiger partial charge >= 0.3 is 5.97 Å². The molecule has 2 aromatic carbocycles. The van der Waals surface area contributed by atoms with Gasteiger partial charge in [0.25, 0.3) is 0 Å². The molecule has 0 saturated heterocycles. The van der Waals surface area contributed by atoms with Crippen LogP contribution in [0.5, 0.6) is 11.5 Å². The molecular weight excluding hydrogens is 280 g/mol. The Balaban J connectivity index is 1.83. The van der Waals surface area contributed by atoms with Crippen molar-refractivity contribution in [2.45, 2.75) is 20.0 Å². The van der Waals surface area contributed by atoms with Gasteiger partial charge in [0, 0.05) is 18.1 Å². The van der Waals surface area contributed by atoms with Crippen LogP contribution in [0.2, 0.25) is 0 Å². The van der Waals surface area contributed by atoms with Crippen LogP contribution in [0, 0.1) is 0 Å². The van der Waals surface area contributed by atoms with E-state index in [2.05, 4.69) is 0 Å². The summed E-state index contributed by atoms with van der Waals surface area (Å²) in [5.41, 5.74) is 2.52. The molecule has 0 fully saturated rings. The predicted octanol–water partition coefficient (Wildman–Crippen LogP) is 3.38. The van der Waals surface area contributed by atoms with E-state index >= 15 is 0 Å². The first kappa shape index (κ1) is 14.4. The largest absolute Gasteiger partial charge is 0.493 e. The summed E-state index contributed by atoms with van der Waals surface area (Å²) in [4.78, 5) is 12.1. The van der Waals surface area contributed by atoms with Gasteiger partial charge in [-0.25, -0.2) is 4.79 Å². The fourth-order valence-electron chi connectivity index (χ4n) is 2.48. The minimum absolute atomic E-state index is 0.325. The number of carbonyl (C=O) groups excluding carboxylic acids is 1. The van der Waals surface area contributed by atoms with Crippen molar-refractivity contribution in [3.05, 3.63) is 59.2 Å². The van der Waals surface area contributed by atoms with Gasteiger partial charge in [-0.1, -0.05) is 30.3 Å². The molecule has 2 aromatic rings. The molecule has 0 aromatic heterocycles. The van der Waals surface area contributed by atoms with Gasteiger partial charge in [-0.3, -0.25) is 0 Å². The van der Waals surface area contributed by atoms with Crippen molar-refractivity contribution >= 4 is 5.97 Å². The Morgan fingerprint density at radius 3 is 2.82 bits per heavy atom. The molecule has 1 aliphatic rings. The standard InChI is InChI=1S/C18H18O4/c1-2-20-18(19)16-10-14(11-17-15(16)8-9-21-17)22-12-13-6-4-3-5-7-13/h3-7,10-11H,2,8-9,12H2,1H3. The first-order chi connectivity index (χ1) is 10.8. The first-order valence-corrected chi connectivity index (χ1v) is 7.41. The van der Waals surface area contributed by atoms with Crippen LogP contribution >= 0.6 is 0 Å². The fraction of sp³-hybridized carbons (Fsp3) is 0.278. The Kier molecular flexibility index (Phi) is 4.28. The molecule has 114 valence electrons. The monoisotopic (exact) mass is 298 g/mol. The molecule has 0 bridgehead atoms. The van der Waals surface area contributed by atoms with Gasteiger partial charge < -0.3 is 14.2 Å². The molecule has 1 aliphatic heterocycles. The summed E-state index contributed by atoms with van der Waals surface area (Å²) in [6.45, 7) is 3.18. The van der Waals surface area contributed by atoms with E-state index in [0.29, 0.717) is 36.9 Å². The zero-order chi connectivity index (χ0) is 15.4. The van der Waals surface area contributed by atoms with E-state index in [4.69, 9.17) is 14.2 Å². The van der Waals surface area contributed by atoms with Crippen LogP contribution in [0.25, 0.3) is 0 Å². The quantitative estimate of drug-likeness (QED) is 0.794. The van der Waals surface area contributed by atoms with Gasteiger partial charge in [0.15, 0.2) is 0 Å². The zero-order valence-electron chi connectivity index (χ0n) is 12.5. The minimum atomic E-state index is -0.325. The van der Waals surface area contributed by atoms with E-state index in [1.54, 1.807) is 13.0 Å². The average Bonchev–Trinajstić information content (AvgIpc) is 3.01. The van der Waals surface area contributed by atoms with Crippen molar-refractivity contribution < 1.29 is 19.0 Å². The summed E-state index contributed by atoms with van der Waals surface area (Å²) in [5.74, 6) is 1.01. The van der Waals surface area contributed by atoms with Gasteiger partial charge in [0.1, 0.15) is 18.1 Å². The number of hydrogen-bond donors (Lipinski definition) is 0. The smallest absolute Gasteiger partial charge is 0.338 e. The molecule has 4 heteroatoms. The lowest BCUT2D eigenvalue weighted by atomic mass is 10.0. The molecule has 0 unspecified atom stereocenters. The number of ether oxygens (including phenoxy) is 3. The Bertz CT molecular complexity index is 664. The first-order valence-electron chi connectivity index (χ1n) is 7.41. The highest BCUT2D eigenvalue weighted by Crippen LogP contribution is 2.34. The zero-order valence-corrected chi connectivity index (χ0v) is 12.5. The average molecular weight is 298 g/mol. The van der Waals surface area contributed by atoms with Crippen molar-refractivity contribution in [3.63, 3.8) is 0 Å². The Morgan fingerprint density at radius 1 is 1.23 bits per heavy atom. The highest BCUT2D eigenvalue weighted by molar-refractivity contribution is 5.92. The third-order valence-corrected chi connectivity index (χ3v) is 3.54. The highest BCUT2D eigenvalue weighted by Gasteiger charge is 2.23. The summed E-state index contributed by atoms with van der Waals surface area (Å²) in [6.07, 6.45) is 0.725. The molecule has 0 aliphatic carbocycles. The maximum atomic E-state index is 12.1. The van der Waals surface area contributed by atoms with Gasteiger partial charge in [-0.05, 0) is 18.6 Å². The Labute approximate surface area is 129 Å². The van der Waals surface area contributed by atoms with E-state index in [0.717, 1.165) is 17.5 Å². The lowest BCUT2D eigenvalue weighted by molar-refractivity contribution is 0.0524. The number of esters is 1. The third-order valence-electron chi connectivity index (χ3n) is 3.54. The molecule has 0 N–H and O–H groups in total. The number of rotatable bonds is 5. The maximum Gasteiger partial charge on any atom is 0.338 e. The second-order valence-electron chi connectivity index (χ2n) is 5.04. The molecule has 22 heavy (non-hydrogen) atoms. The number of fused-ring (bicyclic) bond motifs is 1. The van der Waals surface area contributed by atoms with E-state index in [1.807, 2.05) is 36.4 Å². The Morgan fingerprint density at radius 2 is 2.05 bits per heavy atom. The Hall–Kier alpha value is -2.49. The normalized spacial score (nSPS) is 12.4. The van der Waals surface area contributed by atoms with Crippen LogP contribution in [0.4, 0.5) is 0 Å². The summed E-state index contributed by atoms with van der Waals surface area (Å²) in [7, 11) is 0. The summed E-state index contributed by atoms with van der Waals surface area (Å²) in [5, 5.41) is 0. The van der Waals surface area contributed by atoms with Gasteiger partial charge in [0.2, 0.25) is 0 Å². The molecule has 0 atom stereocenters. The summed E-state index contributed by atoms with van der Waals surface area (Å²) >= 11 is 0. The van der Waals surface area contributed by atoms with Gasteiger partial charge in [-0.15, -0.1) is 0 Å². The molecule has 0 saturated carbocycles. The second-order valence-corrected chi connectivity index (χ2v) is 5.04. The predicted molar refractivity (Wildman–Crippen MR) is 82.4 cm³/mol. The van der Waals surface area contributed by atoms with Gasteiger partial charge in [-0.2, -0.15) is 0 Å². The summed E-state index contributed by atoms with van der Waals surface area (Å²) in [6, 6.07) is 13.5. The number of hydrogen-bond acceptors (Lipinski definition) is 4. The molecular formula is C18H18O4. The number of benzene rings is 2. The second kappa shape index (κ2) is 6.52. The number of carbonyl (C=O) groups is 1. The minimum Gasteiger partial charge on any atom is -0.493 e. The fourth-order valence-corrected chi connectivity index (χ4v) is 2.48. The van der Waals surface area contributed by atoms with Crippen LogP contribution < -0.4 is 9.47 Å². The molecule has 0 amide bonds. The lowest BCUT2D eigenvalue weighted by Crippen LogP contribution is -2.08. The highest BCUT2D eigenvalue weighted by atomic mass is 16.5. The van der Waals surface area contributed by atoms with Crippen molar-refractivity contribution in [2.24, 2.45) is 0 Å². The molecule has 0 spiro atoms. The van der Waals surface area contributed by atoms with Crippen LogP contribution in [0.1, 0.15) is 28.4 Å².